The Morgan fingerprint density at radius 1 is 1.20 bits per heavy atom. The average molecular weight is 337 g/mol. The maximum Gasteiger partial charge on any atom is 0.158 e. The molecule has 1 aromatic heterocycles. The molecule has 1 aromatic carbocycles. The van der Waals surface area contributed by atoms with E-state index < -0.39 is 0 Å². The molecule has 20 heavy (non-hydrogen) atoms. The minimum atomic E-state index is 0.780. The van der Waals surface area contributed by atoms with Crippen molar-refractivity contribution in [2.75, 3.05) is 37.6 Å². The van der Waals surface area contributed by atoms with Gasteiger partial charge in [-0.25, -0.2) is 4.63 Å². The van der Waals surface area contributed by atoms with Crippen LogP contribution in [0, 0.1) is 5.92 Å². The highest BCUT2D eigenvalue weighted by molar-refractivity contribution is 9.10. The van der Waals surface area contributed by atoms with E-state index in [9.17, 15) is 0 Å². The third kappa shape index (κ3) is 2.20. The number of likely N-dealkylation sites (tertiary alicyclic amines) is 1. The van der Waals surface area contributed by atoms with Gasteiger partial charge >= 0.3 is 0 Å². The smallest absolute Gasteiger partial charge is 0.158 e. The molecule has 0 amide bonds. The summed E-state index contributed by atoms with van der Waals surface area (Å²) in [5, 5.41) is 7.96. The van der Waals surface area contributed by atoms with Gasteiger partial charge < -0.3 is 9.80 Å². The highest BCUT2D eigenvalue weighted by atomic mass is 79.9. The van der Waals surface area contributed by atoms with Crippen molar-refractivity contribution in [1.29, 1.82) is 0 Å². The summed E-state index contributed by atoms with van der Waals surface area (Å²) in [7, 11) is 0. The third-order valence-electron chi connectivity index (χ3n) is 4.32. The lowest BCUT2D eigenvalue weighted by atomic mass is 9.98. The fraction of sp³-hybridized carbons (Fsp3) is 0.571. The predicted molar refractivity (Wildman–Crippen MR) is 80.9 cm³/mol. The molecule has 0 unspecified atom stereocenters. The molecule has 0 saturated carbocycles. The summed E-state index contributed by atoms with van der Waals surface area (Å²) >= 11 is 3.53. The first-order valence-electron chi connectivity index (χ1n) is 7.19. The Morgan fingerprint density at radius 2 is 2.00 bits per heavy atom. The SMILES string of the molecule is Brc1cc(N2CC(CN3CCCC3)C2)c2nonc2c1. The maximum atomic E-state index is 4.86. The molecule has 2 aliphatic heterocycles. The van der Waals surface area contributed by atoms with E-state index in [2.05, 4.69) is 42.1 Å². The molecular formula is C14H17BrN4O. The molecule has 2 aliphatic rings. The third-order valence-corrected chi connectivity index (χ3v) is 4.78. The normalized spacial score (nSPS) is 20.8. The van der Waals surface area contributed by atoms with Crippen molar-refractivity contribution >= 4 is 32.7 Å². The van der Waals surface area contributed by atoms with Crippen molar-refractivity contribution in [1.82, 2.24) is 15.2 Å². The number of anilines is 1. The number of aromatic nitrogens is 2. The van der Waals surface area contributed by atoms with Crippen LogP contribution in [-0.2, 0) is 0 Å². The van der Waals surface area contributed by atoms with E-state index in [1.54, 1.807) is 0 Å². The van der Waals surface area contributed by atoms with Gasteiger partial charge in [-0.15, -0.1) is 0 Å². The van der Waals surface area contributed by atoms with Crippen LogP contribution in [0.15, 0.2) is 21.2 Å². The van der Waals surface area contributed by atoms with E-state index in [0.717, 1.165) is 40.2 Å². The molecule has 2 fully saturated rings. The fourth-order valence-corrected chi connectivity index (χ4v) is 3.73. The molecule has 2 aromatic rings. The Morgan fingerprint density at radius 3 is 2.80 bits per heavy atom. The van der Waals surface area contributed by atoms with E-state index in [4.69, 9.17) is 4.63 Å². The molecule has 2 saturated heterocycles. The largest absolute Gasteiger partial charge is 0.369 e. The summed E-state index contributed by atoms with van der Waals surface area (Å²) in [6.45, 7) is 6.02. The predicted octanol–water partition coefficient (Wildman–Crippen LogP) is 2.52. The molecule has 5 nitrogen and oxygen atoms in total. The lowest BCUT2D eigenvalue weighted by Gasteiger charge is -2.42. The van der Waals surface area contributed by atoms with Crippen molar-refractivity contribution in [3.8, 4) is 0 Å². The Balaban J connectivity index is 1.47. The van der Waals surface area contributed by atoms with Crippen LogP contribution in [0.1, 0.15) is 12.8 Å². The van der Waals surface area contributed by atoms with Gasteiger partial charge in [-0.05, 0) is 48.4 Å². The molecular weight excluding hydrogens is 320 g/mol. The molecule has 0 aliphatic carbocycles. The first-order chi connectivity index (χ1) is 9.79. The summed E-state index contributed by atoms with van der Waals surface area (Å²) in [6.07, 6.45) is 2.74. The van der Waals surface area contributed by atoms with Crippen LogP contribution in [0.4, 0.5) is 5.69 Å². The van der Waals surface area contributed by atoms with Gasteiger partial charge in [0.05, 0.1) is 5.69 Å². The average Bonchev–Trinajstić information content (AvgIpc) is 3.02. The zero-order valence-corrected chi connectivity index (χ0v) is 12.8. The number of rotatable bonds is 3. The summed E-state index contributed by atoms with van der Waals surface area (Å²) in [5.41, 5.74) is 2.82. The number of benzene rings is 1. The number of hydrogen-bond donors (Lipinski definition) is 0. The van der Waals surface area contributed by atoms with Gasteiger partial charge in [-0.3, -0.25) is 0 Å². The Bertz CT molecular complexity index is 617. The quantitative estimate of drug-likeness (QED) is 0.861. The molecule has 106 valence electrons. The van der Waals surface area contributed by atoms with Crippen molar-refractivity contribution in [3.63, 3.8) is 0 Å². The monoisotopic (exact) mass is 336 g/mol. The van der Waals surface area contributed by atoms with Crippen LogP contribution < -0.4 is 4.90 Å². The van der Waals surface area contributed by atoms with E-state index in [0.29, 0.717) is 0 Å². The summed E-state index contributed by atoms with van der Waals surface area (Å²) in [4.78, 5) is 4.97. The van der Waals surface area contributed by atoms with Gasteiger partial charge in [0.25, 0.3) is 0 Å². The van der Waals surface area contributed by atoms with Crippen molar-refractivity contribution in [3.05, 3.63) is 16.6 Å². The second-order valence-corrected chi connectivity index (χ2v) is 6.75. The van der Waals surface area contributed by atoms with E-state index >= 15 is 0 Å². The van der Waals surface area contributed by atoms with Gasteiger partial charge in [0, 0.05) is 30.0 Å². The first-order valence-corrected chi connectivity index (χ1v) is 7.98. The van der Waals surface area contributed by atoms with Crippen LogP contribution in [0.3, 0.4) is 0 Å². The van der Waals surface area contributed by atoms with Gasteiger partial charge in [0.1, 0.15) is 5.52 Å². The molecule has 4 rings (SSSR count). The highest BCUT2D eigenvalue weighted by Gasteiger charge is 2.31. The zero-order valence-electron chi connectivity index (χ0n) is 11.3. The molecule has 0 spiro atoms. The fourth-order valence-electron chi connectivity index (χ4n) is 3.29. The van der Waals surface area contributed by atoms with E-state index in [-0.39, 0.29) is 0 Å². The van der Waals surface area contributed by atoms with Crippen LogP contribution in [0.5, 0.6) is 0 Å². The van der Waals surface area contributed by atoms with Crippen LogP contribution >= 0.6 is 15.9 Å². The van der Waals surface area contributed by atoms with Crippen LogP contribution in [0.2, 0.25) is 0 Å². The number of halogens is 1. The van der Waals surface area contributed by atoms with Crippen molar-refractivity contribution in [2.45, 2.75) is 12.8 Å². The highest BCUT2D eigenvalue weighted by Crippen LogP contribution is 2.33. The summed E-state index contributed by atoms with van der Waals surface area (Å²) in [5.74, 6) is 0.780. The van der Waals surface area contributed by atoms with Gasteiger partial charge in [-0.1, -0.05) is 15.9 Å². The Labute approximate surface area is 126 Å². The van der Waals surface area contributed by atoms with Crippen molar-refractivity contribution in [2.24, 2.45) is 5.92 Å². The Kier molecular flexibility index (Phi) is 3.15. The summed E-state index contributed by atoms with van der Waals surface area (Å²) in [6, 6.07) is 4.05. The molecule has 0 bridgehead atoms. The minimum Gasteiger partial charge on any atom is -0.369 e. The standard InChI is InChI=1S/C14H17BrN4O/c15-11-5-12-14(17-20-16-12)13(6-11)19-8-10(9-19)7-18-3-1-2-4-18/h5-6,10H,1-4,7-9H2. The number of nitrogens with zero attached hydrogens (tertiary/aromatic N) is 4. The summed E-state index contributed by atoms with van der Waals surface area (Å²) < 4.78 is 5.88. The van der Waals surface area contributed by atoms with Crippen molar-refractivity contribution < 1.29 is 4.63 Å². The molecule has 0 radical (unpaired) electrons. The Hall–Kier alpha value is -1.14. The second-order valence-electron chi connectivity index (χ2n) is 5.84. The van der Waals surface area contributed by atoms with Gasteiger partial charge in [0.15, 0.2) is 5.52 Å². The first kappa shape index (κ1) is 12.6. The minimum absolute atomic E-state index is 0.780. The molecule has 0 N–H and O–H groups in total. The molecule has 0 atom stereocenters. The maximum absolute atomic E-state index is 4.86. The topological polar surface area (TPSA) is 45.4 Å². The molecule has 6 heteroatoms. The van der Waals surface area contributed by atoms with Crippen LogP contribution in [0.25, 0.3) is 11.0 Å². The number of hydrogen-bond acceptors (Lipinski definition) is 5. The number of fused-ring (bicyclic) bond motifs is 1. The van der Waals surface area contributed by atoms with Gasteiger partial charge in [-0.2, -0.15) is 0 Å². The van der Waals surface area contributed by atoms with E-state index in [1.807, 2.05) is 6.07 Å². The lowest BCUT2D eigenvalue weighted by Crippen LogP contribution is -2.51. The van der Waals surface area contributed by atoms with Gasteiger partial charge in [0.2, 0.25) is 0 Å². The van der Waals surface area contributed by atoms with Crippen LogP contribution in [-0.4, -0.2) is 47.9 Å². The second kappa shape index (κ2) is 5.00. The molecule has 3 heterocycles. The van der Waals surface area contributed by atoms with E-state index in [1.165, 1.54) is 32.5 Å². The zero-order chi connectivity index (χ0) is 13.5. The lowest BCUT2D eigenvalue weighted by molar-refractivity contribution is 0.247.